The molecule has 0 amide bonds. The molecule has 0 radical (unpaired) electrons. The van der Waals surface area contributed by atoms with Crippen molar-refractivity contribution >= 4 is 17.9 Å². The average molecular weight is 260 g/mol. The van der Waals surface area contributed by atoms with E-state index in [-0.39, 0.29) is 11.9 Å². The minimum atomic E-state index is -0.363. The lowest BCUT2D eigenvalue weighted by atomic mass is 10.3. The quantitative estimate of drug-likeness (QED) is 0.792. The van der Waals surface area contributed by atoms with Crippen molar-refractivity contribution in [3.8, 4) is 6.01 Å². The first-order valence-corrected chi connectivity index (χ1v) is 5.53. The molecule has 2 heterocycles. The number of aromatic nitrogens is 5. The highest BCUT2D eigenvalue weighted by molar-refractivity contribution is 5.92. The van der Waals surface area contributed by atoms with Gasteiger partial charge in [-0.2, -0.15) is 4.68 Å². The maximum atomic E-state index is 11.7. The first-order valence-electron chi connectivity index (χ1n) is 5.53. The van der Waals surface area contributed by atoms with Gasteiger partial charge in [-0.05, 0) is 13.0 Å². The number of hydrogen-bond acceptors (Lipinski definition) is 7. The Kier molecular flexibility index (Phi) is 3.81. The summed E-state index contributed by atoms with van der Waals surface area (Å²) in [6, 6.07) is 0.301. The molecule has 0 spiro atoms. The normalized spacial score (nSPS) is 10.8. The highest BCUT2D eigenvalue weighted by Gasteiger charge is 2.02. The van der Waals surface area contributed by atoms with Gasteiger partial charge < -0.3 is 10.5 Å². The Morgan fingerprint density at radius 3 is 2.74 bits per heavy atom. The number of hydrogen-bond donors (Lipinski definition) is 1. The average Bonchev–Trinajstić information content (AvgIpc) is 2.85. The number of nitrogens with two attached hydrogens (primary N) is 1. The number of nitrogens with zero attached hydrogens (tertiary/aromatic N) is 5. The summed E-state index contributed by atoms with van der Waals surface area (Å²) >= 11 is 0. The Morgan fingerprint density at radius 2 is 2.16 bits per heavy atom. The lowest BCUT2D eigenvalue weighted by Gasteiger charge is -1.99. The van der Waals surface area contributed by atoms with Crippen molar-refractivity contribution in [2.24, 2.45) is 0 Å². The van der Waals surface area contributed by atoms with Crippen LogP contribution in [0.15, 0.2) is 24.8 Å². The molecule has 0 aromatic carbocycles. The first-order chi connectivity index (χ1) is 9.19. The van der Waals surface area contributed by atoms with E-state index in [0.29, 0.717) is 18.2 Å². The van der Waals surface area contributed by atoms with E-state index in [0.717, 1.165) is 4.68 Å². The van der Waals surface area contributed by atoms with Gasteiger partial charge in [0, 0.05) is 24.0 Å². The number of allylic oxidation sites excluding steroid dienone is 1. The van der Waals surface area contributed by atoms with E-state index in [1.54, 1.807) is 18.5 Å². The van der Waals surface area contributed by atoms with Crippen molar-refractivity contribution in [1.29, 1.82) is 0 Å². The number of ether oxygens (including phenoxy) is 1. The number of rotatable bonds is 4. The van der Waals surface area contributed by atoms with Gasteiger partial charge in [-0.15, -0.1) is 5.10 Å². The van der Waals surface area contributed by atoms with E-state index in [4.69, 9.17) is 10.5 Å². The van der Waals surface area contributed by atoms with E-state index in [2.05, 4.69) is 20.1 Å². The minimum absolute atomic E-state index is 0.0474. The summed E-state index contributed by atoms with van der Waals surface area (Å²) in [5.74, 6) is -0.316. The molecule has 2 aromatic heterocycles. The summed E-state index contributed by atoms with van der Waals surface area (Å²) in [5.41, 5.74) is 5.99. The number of carbonyl (C=O) groups excluding carboxylic acids is 1. The predicted molar refractivity (Wildman–Crippen MR) is 67.3 cm³/mol. The second-order valence-corrected chi connectivity index (χ2v) is 3.45. The van der Waals surface area contributed by atoms with E-state index < -0.39 is 0 Å². The highest BCUT2D eigenvalue weighted by Crippen LogP contribution is 2.04. The summed E-state index contributed by atoms with van der Waals surface area (Å²) in [6.07, 6.45) is 7.24. The Morgan fingerprint density at radius 1 is 1.42 bits per heavy atom. The Labute approximate surface area is 109 Å². The van der Waals surface area contributed by atoms with Gasteiger partial charge in [-0.3, -0.25) is 4.79 Å². The molecule has 2 aromatic rings. The van der Waals surface area contributed by atoms with Crippen LogP contribution in [0.2, 0.25) is 0 Å². The van der Waals surface area contributed by atoms with Gasteiger partial charge in [0.25, 0.3) is 5.91 Å². The van der Waals surface area contributed by atoms with Crippen LogP contribution in [0, 0.1) is 0 Å². The predicted octanol–water partition coefficient (Wildman–Crippen LogP) is 0.403. The fourth-order valence-electron chi connectivity index (χ4n) is 1.24. The third kappa shape index (κ3) is 3.35. The molecule has 0 bridgehead atoms. The molecule has 2 rings (SSSR count). The van der Waals surface area contributed by atoms with Crippen LogP contribution in [0.1, 0.15) is 17.3 Å². The summed E-state index contributed by atoms with van der Waals surface area (Å²) in [4.78, 5) is 23.3. The van der Waals surface area contributed by atoms with Gasteiger partial charge in [0.05, 0.1) is 6.61 Å². The Balaban J connectivity index is 2.03. The molecular formula is C11H12N6O2. The van der Waals surface area contributed by atoms with Gasteiger partial charge in [-0.1, -0.05) is 0 Å². The van der Waals surface area contributed by atoms with Crippen molar-refractivity contribution in [2.45, 2.75) is 6.92 Å². The molecule has 2 N–H and O–H groups in total. The molecule has 0 atom stereocenters. The summed E-state index contributed by atoms with van der Waals surface area (Å²) in [6.45, 7) is 2.35. The van der Waals surface area contributed by atoms with Gasteiger partial charge >= 0.3 is 6.01 Å². The van der Waals surface area contributed by atoms with Crippen LogP contribution in [0.5, 0.6) is 6.01 Å². The highest BCUT2D eigenvalue weighted by atomic mass is 16.5. The maximum absolute atomic E-state index is 11.7. The summed E-state index contributed by atoms with van der Waals surface area (Å²) in [7, 11) is 0. The van der Waals surface area contributed by atoms with Gasteiger partial charge in [-0.25, -0.2) is 15.0 Å². The second-order valence-electron chi connectivity index (χ2n) is 3.45. The van der Waals surface area contributed by atoms with Gasteiger partial charge in [0.1, 0.15) is 6.33 Å². The molecule has 8 heteroatoms. The molecule has 0 aliphatic rings. The molecule has 0 fully saturated rings. The van der Waals surface area contributed by atoms with Crippen LogP contribution in [-0.2, 0) is 0 Å². The fraction of sp³-hybridized carbons (Fsp3) is 0.182. The van der Waals surface area contributed by atoms with Crippen molar-refractivity contribution in [3.05, 3.63) is 30.4 Å². The first kappa shape index (κ1) is 12.7. The standard InChI is InChI=1S/C11H12N6O2/c1-2-19-11-13-5-8(6-14-11)3-4-9(18)17-7-15-10(12)16-17/h3-7H,2H2,1H3,(H2,12,16)/b4-3+. The fourth-order valence-corrected chi connectivity index (χ4v) is 1.24. The smallest absolute Gasteiger partial charge is 0.316 e. The topological polar surface area (TPSA) is 109 Å². The van der Waals surface area contributed by atoms with Crippen molar-refractivity contribution in [2.75, 3.05) is 12.3 Å². The largest absolute Gasteiger partial charge is 0.464 e. The summed E-state index contributed by atoms with van der Waals surface area (Å²) < 4.78 is 6.15. The Hall–Kier alpha value is -2.77. The van der Waals surface area contributed by atoms with Crippen molar-refractivity contribution in [3.63, 3.8) is 0 Å². The van der Waals surface area contributed by atoms with E-state index >= 15 is 0 Å². The van der Waals surface area contributed by atoms with E-state index in [9.17, 15) is 4.79 Å². The van der Waals surface area contributed by atoms with E-state index in [1.807, 2.05) is 6.92 Å². The molecule has 8 nitrogen and oxygen atoms in total. The van der Waals surface area contributed by atoms with Crippen molar-refractivity contribution < 1.29 is 9.53 Å². The Bertz CT molecular complexity index is 589. The monoisotopic (exact) mass is 260 g/mol. The zero-order chi connectivity index (χ0) is 13.7. The van der Waals surface area contributed by atoms with Crippen molar-refractivity contribution in [1.82, 2.24) is 24.7 Å². The molecule has 19 heavy (non-hydrogen) atoms. The van der Waals surface area contributed by atoms with Crippen LogP contribution in [-0.4, -0.2) is 37.2 Å². The SMILES string of the molecule is CCOc1ncc(/C=C/C(=O)n2cnc(N)n2)cn1. The number of anilines is 1. The molecule has 0 aliphatic heterocycles. The minimum Gasteiger partial charge on any atom is -0.464 e. The maximum Gasteiger partial charge on any atom is 0.316 e. The zero-order valence-corrected chi connectivity index (χ0v) is 10.2. The molecule has 98 valence electrons. The lowest BCUT2D eigenvalue weighted by molar-refractivity contribution is 0.0955. The molecular weight excluding hydrogens is 248 g/mol. The summed E-state index contributed by atoms with van der Waals surface area (Å²) in [5, 5.41) is 3.69. The molecule has 0 aliphatic carbocycles. The molecule has 0 saturated carbocycles. The van der Waals surface area contributed by atoms with Crippen LogP contribution in [0.3, 0.4) is 0 Å². The van der Waals surface area contributed by atoms with Gasteiger partial charge in [0.15, 0.2) is 0 Å². The van der Waals surface area contributed by atoms with Gasteiger partial charge in [0.2, 0.25) is 5.95 Å². The number of carbonyl (C=O) groups is 1. The molecule has 0 unspecified atom stereocenters. The third-order valence-corrected chi connectivity index (χ3v) is 2.08. The zero-order valence-electron chi connectivity index (χ0n) is 10.2. The van der Waals surface area contributed by atoms with Crippen LogP contribution in [0.4, 0.5) is 5.95 Å². The second kappa shape index (κ2) is 5.71. The third-order valence-electron chi connectivity index (χ3n) is 2.08. The van der Waals surface area contributed by atoms with Crippen LogP contribution in [0.25, 0.3) is 6.08 Å². The lowest BCUT2D eigenvalue weighted by Crippen LogP contribution is -2.08. The van der Waals surface area contributed by atoms with Crippen LogP contribution >= 0.6 is 0 Å². The molecule has 0 saturated heterocycles. The van der Waals surface area contributed by atoms with Crippen LogP contribution < -0.4 is 10.5 Å². The van der Waals surface area contributed by atoms with E-state index in [1.165, 1.54) is 12.4 Å². The number of nitrogen functional groups attached to an aromatic ring is 1.